The number of esters is 1. The van der Waals surface area contributed by atoms with Gasteiger partial charge in [-0.2, -0.15) is 0 Å². The van der Waals surface area contributed by atoms with E-state index in [4.69, 9.17) is 14.2 Å². The van der Waals surface area contributed by atoms with Crippen molar-refractivity contribution in [2.24, 2.45) is 5.92 Å². The van der Waals surface area contributed by atoms with Crippen LogP contribution >= 0.6 is 0 Å². The lowest BCUT2D eigenvalue weighted by Crippen LogP contribution is -2.54. The van der Waals surface area contributed by atoms with E-state index in [0.717, 1.165) is 5.56 Å². The van der Waals surface area contributed by atoms with Gasteiger partial charge in [-0.15, -0.1) is 0 Å². The number of nitrogens with one attached hydrogen (secondary N) is 2. The number of alkyl carbamates (subject to hydrolysis) is 1. The summed E-state index contributed by atoms with van der Waals surface area (Å²) < 4.78 is 16.3. The number of rotatable bonds is 10. The smallest absolute Gasteiger partial charge is 0.424 e. The number of hydrogen-bond donors (Lipinski definition) is 3. The van der Waals surface area contributed by atoms with Gasteiger partial charge in [0.15, 0.2) is 0 Å². The van der Waals surface area contributed by atoms with E-state index in [1.54, 1.807) is 41.5 Å². The fourth-order valence-electron chi connectivity index (χ4n) is 3.95. The minimum Gasteiger partial charge on any atom is -0.465 e. The molecule has 3 N–H and O–H groups in total. The lowest BCUT2D eigenvalue weighted by molar-refractivity contribution is -0.145. The van der Waals surface area contributed by atoms with Crippen molar-refractivity contribution < 1.29 is 38.5 Å². The number of nitrogens with zero attached hydrogens (tertiary/aromatic N) is 2. The molecule has 0 unspecified atom stereocenters. The molecule has 12 nitrogen and oxygen atoms in total. The molecule has 0 aliphatic carbocycles. The number of hydrogen-bond acceptors (Lipinski definition) is 8. The topological polar surface area (TPSA) is 147 Å². The Kier molecular flexibility index (Phi) is 12.0. The van der Waals surface area contributed by atoms with Gasteiger partial charge in [0.1, 0.15) is 17.8 Å². The molecule has 0 saturated carbocycles. The van der Waals surface area contributed by atoms with Crippen LogP contribution in [0.25, 0.3) is 0 Å². The monoisotopic (exact) mass is 564 g/mol. The Morgan fingerprint density at radius 1 is 1.00 bits per heavy atom. The predicted octanol–water partition coefficient (Wildman–Crippen LogP) is 4.14. The SMILES string of the molecule is CC(C)(C)OC(=O)N[C@H](CNN(CC1CCN(C(=O)O)CC1)C(=O)OC(C)(C)C)CC(=O)OCc1ccccc1. The summed E-state index contributed by atoms with van der Waals surface area (Å²) in [5.74, 6) is -0.500. The van der Waals surface area contributed by atoms with E-state index in [9.17, 15) is 24.3 Å². The van der Waals surface area contributed by atoms with Gasteiger partial charge in [-0.25, -0.2) is 24.8 Å². The maximum atomic E-state index is 13.0. The Balaban J connectivity index is 2.09. The number of likely N-dealkylation sites (tertiary alicyclic amines) is 1. The number of carbonyl (C=O) groups is 4. The first-order chi connectivity index (χ1) is 18.6. The summed E-state index contributed by atoms with van der Waals surface area (Å²) in [6.45, 7) is 11.6. The second-order valence-electron chi connectivity index (χ2n) is 11.9. The Morgan fingerprint density at radius 2 is 1.60 bits per heavy atom. The minimum absolute atomic E-state index is 0.00684. The third-order valence-electron chi connectivity index (χ3n) is 5.84. The lowest BCUT2D eigenvalue weighted by atomic mass is 9.97. The fourth-order valence-corrected chi connectivity index (χ4v) is 3.95. The van der Waals surface area contributed by atoms with Crippen molar-refractivity contribution in [1.29, 1.82) is 0 Å². The third-order valence-corrected chi connectivity index (χ3v) is 5.84. The summed E-state index contributed by atoms with van der Waals surface area (Å²) in [5.41, 5.74) is 2.35. The molecule has 1 aromatic carbocycles. The van der Waals surface area contributed by atoms with Gasteiger partial charge in [0.05, 0.1) is 12.5 Å². The standard InChI is InChI=1S/C28H44N4O8/c1-27(2,3)39-24(34)30-22(16-23(33)38-19-21-10-8-7-9-11-21)17-29-32(26(37)40-28(4,5)6)18-20-12-14-31(15-13-20)25(35)36/h7-11,20,22,29H,12-19H2,1-6H3,(H,30,34)(H,35,36)/t22-/m0/s1. The maximum Gasteiger partial charge on any atom is 0.424 e. The molecule has 224 valence electrons. The molecule has 1 fully saturated rings. The van der Waals surface area contributed by atoms with E-state index in [-0.39, 0.29) is 32.0 Å². The number of ether oxygens (including phenoxy) is 3. The Hall–Kier alpha value is -3.54. The van der Waals surface area contributed by atoms with Crippen molar-refractivity contribution in [3.05, 3.63) is 35.9 Å². The molecule has 0 spiro atoms. The second-order valence-corrected chi connectivity index (χ2v) is 11.9. The van der Waals surface area contributed by atoms with Crippen LogP contribution in [0.1, 0.15) is 66.4 Å². The number of amides is 3. The Morgan fingerprint density at radius 3 is 2.15 bits per heavy atom. The highest BCUT2D eigenvalue weighted by atomic mass is 16.6. The Labute approximate surface area is 236 Å². The Bertz CT molecular complexity index is 982. The fraction of sp³-hybridized carbons (Fsp3) is 0.643. The zero-order valence-corrected chi connectivity index (χ0v) is 24.4. The van der Waals surface area contributed by atoms with E-state index in [2.05, 4.69) is 10.7 Å². The highest BCUT2D eigenvalue weighted by Gasteiger charge is 2.30. The normalized spacial score (nSPS) is 15.1. The molecule has 0 radical (unpaired) electrons. The van der Waals surface area contributed by atoms with Gasteiger partial charge in [-0.05, 0) is 65.9 Å². The van der Waals surface area contributed by atoms with Gasteiger partial charge in [-0.1, -0.05) is 30.3 Å². The van der Waals surface area contributed by atoms with Gasteiger partial charge < -0.3 is 29.5 Å². The molecule has 2 rings (SSSR count). The number of carboxylic acid groups (broad SMARTS) is 1. The molecular formula is C28H44N4O8. The molecule has 0 aromatic heterocycles. The summed E-state index contributed by atoms with van der Waals surface area (Å²) in [6.07, 6.45) is -1.29. The van der Waals surface area contributed by atoms with E-state index in [1.807, 2.05) is 30.3 Å². The van der Waals surface area contributed by atoms with Crippen molar-refractivity contribution in [2.75, 3.05) is 26.2 Å². The quantitative estimate of drug-likeness (QED) is 0.217. The van der Waals surface area contributed by atoms with E-state index in [1.165, 1.54) is 9.91 Å². The first-order valence-electron chi connectivity index (χ1n) is 13.5. The zero-order chi connectivity index (χ0) is 29.9. The van der Waals surface area contributed by atoms with Gasteiger partial charge in [0, 0.05) is 26.2 Å². The van der Waals surface area contributed by atoms with Crippen LogP contribution in [0.3, 0.4) is 0 Å². The molecule has 1 aromatic rings. The molecule has 1 heterocycles. The lowest BCUT2D eigenvalue weighted by Gasteiger charge is -2.35. The van der Waals surface area contributed by atoms with Crippen molar-refractivity contribution in [3.8, 4) is 0 Å². The van der Waals surface area contributed by atoms with Gasteiger partial charge >= 0.3 is 24.2 Å². The summed E-state index contributed by atoms with van der Waals surface area (Å²) in [6, 6.07) is 8.46. The maximum absolute atomic E-state index is 13.0. The van der Waals surface area contributed by atoms with Crippen LogP contribution in [-0.2, 0) is 25.6 Å². The molecule has 0 bridgehead atoms. The molecule has 12 heteroatoms. The van der Waals surface area contributed by atoms with Crippen molar-refractivity contribution in [1.82, 2.24) is 20.7 Å². The zero-order valence-electron chi connectivity index (χ0n) is 24.4. The predicted molar refractivity (Wildman–Crippen MR) is 147 cm³/mol. The first kappa shape index (κ1) is 32.7. The highest BCUT2D eigenvalue weighted by molar-refractivity contribution is 5.73. The number of piperidine rings is 1. The van der Waals surface area contributed by atoms with E-state index in [0.29, 0.717) is 25.9 Å². The molecule has 1 atom stereocenters. The van der Waals surface area contributed by atoms with Crippen molar-refractivity contribution in [2.45, 2.75) is 84.7 Å². The minimum atomic E-state index is -0.962. The number of hydrazine groups is 1. The average molecular weight is 565 g/mol. The second kappa shape index (κ2) is 14.7. The van der Waals surface area contributed by atoms with Crippen LogP contribution < -0.4 is 10.7 Å². The van der Waals surface area contributed by atoms with Crippen LogP contribution in [0, 0.1) is 5.92 Å². The molecule has 1 aliphatic rings. The summed E-state index contributed by atoms with van der Waals surface area (Å²) in [5, 5.41) is 13.2. The van der Waals surface area contributed by atoms with Crippen LogP contribution in [0.2, 0.25) is 0 Å². The van der Waals surface area contributed by atoms with Gasteiger partial charge in [0.25, 0.3) is 0 Å². The van der Waals surface area contributed by atoms with Crippen LogP contribution in [0.5, 0.6) is 0 Å². The van der Waals surface area contributed by atoms with Gasteiger partial charge in [-0.3, -0.25) is 4.79 Å². The number of benzene rings is 1. The van der Waals surface area contributed by atoms with Crippen molar-refractivity contribution >= 4 is 24.2 Å². The highest BCUT2D eigenvalue weighted by Crippen LogP contribution is 2.19. The largest absolute Gasteiger partial charge is 0.465 e. The van der Waals surface area contributed by atoms with Crippen LogP contribution in [0.15, 0.2) is 30.3 Å². The molecule has 1 saturated heterocycles. The third kappa shape index (κ3) is 13.0. The summed E-state index contributed by atoms with van der Waals surface area (Å²) in [7, 11) is 0. The summed E-state index contributed by atoms with van der Waals surface area (Å²) in [4.78, 5) is 50.8. The summed E-state index contributed by atoms with van der Waals surface area (Å²) >= 11 is 0. The number of carbonyl (C=O) groups excluding carboxylic acids is 3. The van der Waals surface area contributed by atoms with Crippen LogP contribution in [-0.4, -0.2) is 82.7 Å². The van der Waals surface area contributed by atoms with Crippen LogP contribution in [0.4, 0.5) is 14.4 Å². The van der Waals surface area contributed by atoms with Gasteiger partial charge in [0.2, 0.25) is 0 Å². The van der Waals surface area contributed by atoms with E-state index < -0.39 is 41.5 Å². The molecule has 40 heavy (non-hydrogen) atoms. The molecule has 3 amide bonds. The first-order valence-corrected chi connectivity index (χ1v) is 13.5. The van der Waals surface area contributed by atoms with E-state index >= 15 is 0 Å². The molecular weight excluding hydrogens is 520 g/mol. The average Bonchev–Trinajstić information content (AvgIpc) is 2.83. The molecule has 1 aliphatic heterocycles. The van der Waals surface area contributed by atoms with Crippen molar-refractivity contribution in [3.63, 3.8) is 0 Å².